The largest absolute Gasteiger partial charge is 0.463 e. The molecule has 55 heavy (non-hydrogen) atoms. The molecule has 304 valence electrons. The summed E-state index contributed by atoms with van der Waals surface area (Å²) < 4.78 is 38.1. The van der Waals surface area contributed by atoms with Crippen molar-refractivity contribution in [3.8, 4) is 0 Å². The fourth-order valence-electron chi connectivity index (χ4n) is 8.04. The lowest BCUT2D eigenvalue weighted by Gasteiger charge is -2.48. The Balaban J connectivity index is 1.71. The third-order valence-electron chi connectivity index (χ3n) is 11.2. The number of Topliss-reactive ketones (excluding diaryl/α,β-unsaturated/α-hetero) is 1. The van der Waals surface area contributed by atoms with Crippen LogP contribution in [0.15, 0.2) is 60.7 Å². The minimum Gasteiger partial charge on any atom is -0.463 e. The van der Waals surface area contributed by atoms with Gasteiger partial charge in [0.15, 0.2) is 18.2 Å². The Morgan fingerprint density at radius 1 is 1.02 bits per heavy atom. The van der Waals surface area contributed by atoms with Crippen LogP contribution >= 0.6 is 0 Å². The molecule has 2 aromatic carbocycles. The van der Waals surface area contributed by atoms with Gasteiger partial charge in [-0.3, -0.25) is 14.5 Å². The Kier molecular flexibility index (Phi) is 15.7. The van der Waals surface area contributed by atoms with Crippen molar-refractivity contribution in [2.75, 3.05) is 41.4 Å². The van der Waals surface area contributed by atoms with Crippen molar-refractivity contribution in [1.82, 2.24) is 9.80 Å². The van der Waals surface area contributed by atoms with Crippen LogP contribution in [0.2, 0.25) is 0 Å². The van der Waals surface area contributed by atoms with E-state index in [4.69, 9.17) is 28.4 Å². The van der Waals surface area contributed by atoms with Crippen LogP contribution in [-0.2, 0) is 49.4 Å². The van der Waals surface area contributed by atoms with Gasteiger partial charge in [-0.1, -0.05) is 62.4 Å². The highest BCUT2D eigenvalue weighted by Crippen LogP contribution is 2.39. The summed E-state index contributed by atoms with van der Waals surface area (Å²) in [6.07, 6.45) is -1.83. The predicted octanol–water partition coefficient (Wildman–Crippen LogP) is 5.36. The summed E-state index contributed by atoms with van der Waals surface area (Å²) in [6.45, 7) is 11.5. The lowest BCUT2D eigenvalue weighted by molar-refractivity contribution is -0.295. The zero-order chi connectivity index (χ0) is 40.5. The summed E-state index contributed by atoms with van der Waals surface area (Å²) in [5, 5.41) is 0. The van der Waals surface area contributed by atoms with Gasteiger partial charge in [0.2, 0.25) is 0 Å². The van der Waals surface area contributed by atoms with Crippen molar-refractivity contribution >= 4 is 24.0 Å². The first-order valence-electron chi connectivity index (χ1n) is 19.3. The molecule has 0 unspecified atom stereocenters. The predicted molar refractivity (Wildman–Crippen MR) is 207 cm³/mol. The minimum absolute atomic E-state index is 0.0475. The minimum atomic E-state index is -1.59. The second kappa shape index (κ2) is 19.6. The van der Waals surface area contributed by atoms with Crippen molar-refractivity contribution in [2.24, 2.45) is 17.3 Å². The molecule has 4 rings (SSSR count). The van der Waals surface area contributed by atoms with E-state index in [0.29, 0.717) is 24.9 Å². The SMILES string of the molecule is CO[C@]1(C)C[C@@H](C)CN(C)[C@H]([C@@H](CC=O)OCc2ccccc2)COC(=O)C(C)(C)C(=O)[C@H](C)[C@H]1O[C@@H]1O[C@H](C)C[C@H](N(C)C)[C@H]1OC(=O)c1ccccc1. The van der Waals surface area contributed by atoms with E-state index < -0.39 is 65.3 Å². The van der Waals surface area contributed by atoms with E-state index in [1.54, 1.807) is 52.1 Å². The second-order valence-corrected chi connectivity index (χ2v) is 16.3. The van der Waals surface area contributed by atoms with E-state index in [0.717, 1.165) is 11.8 Å². The number of ether oxygens (including phenoxy) is 6. The van der Waals surface area contributed by atoms with Gasteiger partial charge >= 0.3 is 11.9 Å². The Morgan fingerprint density at radius 3 is 2.25 bits per heavy atom. The molecule has 2 aliphatic heterocycles. The molecule has 2 aromatic rings. The van der Waals surface area contributed by atoms with Gasteiger partial charge in [0, 0.05) is 26.0 Å². The Hall–Kier alpha value is -3.52. The van der Waals surface area contributed by atoms with Gasteiger partial charge in [0.25, 0.3) is 0 Å². The number of cyclic esters (lactones) is 1. The molecule has 10 atom stereocenters. The van der Waals surface area contributed by atoms with Crippen LogP contribution < -0.4 is 0 Å². The molecular formula is C43H62N2O10. The molecule has 0 amide bonds. The number of nitrogens with zero attached hydrogens (tertiary/aromatic N) is 2. The normalized spacial score (nSPS) is 31.7. The molecule has 2 aliphatic rings. The van der Waals surface area contributed by atoms with Crippen molar-refractivity contribution in [1.29, 1.82) is 0 Å². The molecule has 2 saturated heterocycles. The van der Waals surface area contributed by atoms with E-state index in [1.165, 1.54) is 0 Å². The standard InChI is InChI=1S/C43H62N2O10/c1-28-24-43(6,50-10)38(55-40-36(33(44(7)8)23-29(2)53-40)54-39(48)32-19-15-12-16-20-32)30(3)37(47)42(4,5)41(49)52-27-34(45(9)25-28)35(21-22-46)51-26-31-17-13-11-14-18-31/h11-20,22,28-30,33-36,38,40H,21,23-27H2,1-10H3/t28-,29-,30+,33+,34+,35-,36-,38-,40+,43-/m1/s1. The van der Waals surface area contributed by atoms with Gasteiger partial charge in [-0.05, 0) is 85.3 Å². The lowest BCUT2D eigenvalue weighted by Crippen LogP contribution is -2.60. The molecule has 12 heteroatoms. The number of hydrogen-bond donors (Lipinski definition) is 0. The number of rotatable bonds is 12. The zero-order valence-electron chi connectivity index (χ0n) is 34.3. The summed E-state index contributed by atoms with van der Waals surface area (Å²) in [5.41, 5.74) is -1.34. The maximum atomic E-state index is 14.6. The summed E-state index contributed by atoms with van der Waals surface area (Å²) in [6, 6.07) is 17.6. The van der Waals surface area contributed by atoms with Gasteiger partial charge in [-0.2, -0.15) is 0 Å². The van der Waals surface area contributed by atoms with Crippen LogP contribution in [0.1, 0.15) is 76.7 Å². The van der Waals surface area contributed by atoms with E-state index in [2.05, 4.69) is 6.92 Å². The molecule has 2 fully saturated rings. The highest BCUT2D eigenvalue weighted by atomic mass is 16.7. The summed E-state index contributed by atoms with van der Waals surface area (Å²) in [4.78, 5) is 58.0. The number of methoxy groups -OCH3 is 1. The van der Waals surface area contributed by atoms with E-state index in [-0.39, 0.29) is 37.7 Å². The second-order valence-electron chi connectivity index (χ2n) is 16.3. The van der Waals surface area contributed by atoms with Gasteiger partial charge in [0.05, 0.1) is 48.2 Å². The fourth-order valence-corrected chi connectivity index (χ4v) is 8.04. The van der Waals surface area contributed by atoms with Crippen molar-refractivity contribution in [3.05, 3.63) is 71.8 Å². The summed E-state index contributed by atoms with van der Waals surface area (Å²) in [5.74, 6) is -2.57. The van der Waals surface area contributed by atoms with Crippen LogP contribution in [0.5, 0.6) is 0 Å². The fraction of sp³-hybridized carbons (Fsp3) is 0.628. The van der Waals surface area contributed by atoms with Crippen LogP contribution in [-0.4, -0.2) is 124 Å². The molecule has 0 saturated carbocycles. The number of likely N-dealkylation sites (N-methyl/N-ethyl adjacent to an activating group) is 2. The van der Waals surface area contributed by atoms with Gasteiger partial charge < -0.3 is 38.1 Å². The number of carbonyl (C=O) groups is 4. The molecule has 0 spiro atoms. The zero-order valence-corrected chi connectivity index (χ0v) is 34.3. The van der Waals surface area contributed by atoms with Gasteiger partial charge in [-0.15, -0.1) is 0 Å². The number of hydrogen-bond acceptors (Lipinski definition) is 12. The summed E-state index contributed by atoms with van der Waals surface area (Å²) >= 11 is 0. The molecule has 0 aromatic heterocycles. The number of aldehydes is 1. The van der Waals surface area contributed by atoms with Gasteiger partial charge in [0.1, 0.15) is 18.3 Å². The molecule has 12 nitrogen and oxygen atoms in total. The first kappa shape index (κ1) is 44.2. The number of benzene rings is 2. The smallest absolute Gasteiger partial charge is 0.338 e. The topological polar surface area (TPSA) is 130 Å². The lowest BCUT2D eigenvalue weighted by atomic mass is 9.74. The van der Waals surface area contributed by atoms with Crippen molar-refractivity contribution in [3.63, 3.8) is 0 Å². The molecule has 2 heterocycles. The van der Waals surface area contributed by atoms with E-state index in [9.17, 15) is 19.2 Å². The quantitative estimate of drug-likeness (QED) is 0.157. The molecule has 0 N–H and O–H groups in total. The average molecular weight is 767 g/mol. The molecule has 0 bridgehead atoms. The number of esters is 2. The highest BCUT2D eigenvalue weighted by Gasteiger charge is 2.52. The van der Waals surface area contributed by atoms with E-state index in [1.807, 2.05) is 81.2 Å². The third-order valence-corrected chi connectivity index (χ3v) is 11.2. The Labute approximate surface area is 327 Å². The average Bonchev–Trinajstić information content (AvgIpc) is 3.16. The number of carbonyl (C=O) groups excluding carboxylic acids is 4. The molecule has 0 aliphatic carbocycles. The van der Waals surface area contributed by atoms with E-state index >= 15 is 0 Å². The monoisotopic (exact) mass is 766 g/mol. The molecular weight excluding hydrogens is 704 g/mol. The first-order chi connectivity index (χ1) is 26.0. The van der Waals surface area contributed by atoms with Crippen LogP contribution in [0, 0.1) is 17.3 Å². The van der Waals surface area contributed by atoms with Crippen molar-refractivity contribution < 1.29 is 47.6 Å². The van der Waals surface area contributed by atoms with Crippen LogP contribution in [0.3, 0.4) is 0 Å². The van der Waals surface area contributed by atoms with Crippen LogP contribution in [0.4, 0.5) is 0 Å². The maximum Gasteiger partial charge on any atom is 0.338 e. The first-order valence-corrected chi connectivity index (χ1v) is 19.3. The maximum absolute atomic E-state index is 14.6. The van der Waals surface area contributed by atoms with Crippen molar-refractivity contribution in [2.45, 2.75) is 116 Å². The highest BCUT2D eigenvalue weighted by molar-refractivity contribution is 6.04. The molecule has 0 radical (unpaired) electrons. The van der Waals surface area contributed by atoms with Crippen LogP contribution in [0.25, 0.3) is 0 Å². The third kappa shape index (κ3) is 11.1. The Bertz CT molecular complexity index is 1550. The Morgan fingerprint density at radius 2 is 1.65 bits per heavy atom. The number of ketones is 1. The summed E-state index contributed by atoms with van der Waals surface area (Å²) in [7, 11) is 7.33. The van der Waals surface area contributed by atoms with Gasteiger partial charge in [-0.25, -0.2) is 4.79 Å².